The van der Waals surface area contributed by atoms with Gasteiger partial charge < -0.3 is 4.90 Å². The van der Waals surface area contributed by atoms with Crippen LogP contribution in [0.15, 0.2) is 17.8 Å². The quantitative estimate of drug-likeness (QED) is 0.408. The summed E-state index contributed by atoms with van der Waals surface area (Å²) < 4.78 is 0. The number of nitrogens with zero attached hydrogens (tertiary/aromatic N) is 2. The third kappa shape index (κ3) is 11.0. The lowest BCUT2D eigenvalue weighted by Crippen LogP contribution is -2.05. The van der Waals surface area contributed by atoms with Gasteiger partial charge in [0.25, 0.3) is 0 Å². The van der Waals surface area contributed by atoms with Crippen molar-refractivity contribution in [2.24, 2.45) is 4.99 Å². The van der Waals surface area contributed by atoms with Crippen molar-refractivity contribution in [1.82, 2.24) is 4.90 Å². The smallest absolute Gasteiger partial charge is 0.0883 e. The Bertz CT molecular complexity index is 77.0. The minimum absolute atomic E-state index is 1.69. The predicted molar refractivity (Wildman–Crippen MR) is 43.7 cm³/mol. The summed E-state index contributed by atoms with van der Waals surface area (Å²) in [6, 6.07) is 0. The van der Waals surface area contributed by atoms with Gasteiger partial charge in [-0.25, -0.2) is 0 Å². The van der Waals surface area contributed by atoms with E-state index in [1.165, 1.54) is 0 Å². The SMILES string of the molecule is C=CN(C)C=NC.CC. The van der Waals surface area contributed by atoms with Crippen molar-refractivity contribution in [1.29, 1.82) is 0 Å². The van der Waals surface area contributed by atoms with E-state index in [0.717, 1.165) is 0 Å². The summed E-state index contributed by atoms with van der Waals surface area (Å²) >= 11 is 0. The first-order valence-electron chi connectivity index (χ1n) is 3.08. The zero-order chi connectivity index (χ0) is 7.70. The lowest BCUT2D eigenvalue weighted by molar-refractivity contribution is 0.712. The summed E-state index contributed by atoms with van der Waals surface area (Å²) in [7, 11) is 3.60. The van der Waals surface area contributed by atoms with E-state index < -0.39 is 0 Å². The third-order valence-corrected chi connectivity index (χ3v) is 0.586. The van der Waals surface area contributed by atoms with Crippen LogP contribution in [0.1, 0.15) is 13.8 Å². The molecule has 0 saturated heterocycles. The molecule has 0 aromatic carbocycles. The first-order valence-corrected chi connectivity index (χ1v) is 3.08. The van der Waals surface area contributed by atoms with Crippen LogP contribution in [0, 0.1) is 0 Å². The standard InChI is InChI=1S/C5H10N2.C2H6/c1-4-7(3)5-6-2;1-2/h4-5H,1H2,2-3H3;1-2H3. The summed E-state index contributed by atoms with van der Waals surface area (Å²) in [6.07, 6.45) is 3.38. The van der Waals surface area contributed by atoms with E-state index in [1.807, 2.05) is 20.9 Å². The Morgan fingerprint density at radius 2 is 1.89 bits per heavy atom. The van der Waals surface area contributed by atoms with E-state index >= 15 is 0 Å². The fraction of sp³-hybridized carbons (Fsp3) is 0.571. The molecule has 0 aliphatic carbocycles. The van der Waals surface area contributed by atoms with Crippen molar-refractivity contribution in [2.75, 3.05) is 14.1 Å². The van der Waals surface area contributed by atoms with Crippen LogP contribution < -0.4 is 0 Å². The molecule has 0 unspecified atom stereocenters. The van der Waals surface area contributed by atoms with E-state index in [2.05, 4.69) is 11.6 Å². The number of aliphatic imine (C=N–C) groups is 1. The summed E-state index contributed by atoms with van der Waals surface area (Å²) in [5, 5.41) is 0. The van der Waals surface area contributed by atoms with Crippen molar-refractivity contribution in [3.8, 4) is 0 Å². The second-order valence-corrected chi connectivity index (χ2v) is 1.22. The van der Waals surface area contributed by atoms with Gasteiger partial charge in [-0.05, 0) is 6.20 Å². The Labute approximate surface area is 57.9 Å². The van der Waals surface area contributed by atoms with Crippen LogP contribution >= 0.6 is 0 Å². The Hall–Kier alpha value is -0.790. The maximum atomic E-state index is 3.74. The van der Waals surface area contributed by atoms with Gasteiger partial charge in [-0.2, -0.15) is 0 Å². The van der Waals surface area contributed by atoms with Crippen molar-refractivity contribution in [3.63, 3.8) is 0 Å². The molecule has 54 valence electrons. The molecule has 0 aliphatic heterocycles. The van der Waals surface area contributed by atoms with E-state index in [1.54, 1.807) is 24.5 Å². The molecule has 2 nitrogen and oxygen atoms in total. The minimum Gasteiger partial charge on any atom is -0.343 e. The summed E-state index contributed by atoms with van der Waals surface area (Å²) in [5.74, 6) is 0. The number of hydrogen-bond donors (Lipinski definition) is 0. The van der Waals surface area contributed by atoms with Crippen LogP contribution in [0.2, 0.25) is 0 Å². The van der Waals surface area contributed by atoms with Crippen molar-refractivity contribution < 1.29 is 0 Å². The van der Waals surface area contributed by atoms with Crippen LogP contribution in [0.3, 0.4) is 0 Å². The Morgan fingerprint density at radius 1 is 1.44 bits per heavy atom. The fourth-order valence-electron chi connectivity index (χ4n) is 0.229. The molecule has 0 radical (unpaired) electrons. The van der Waals surface area contributed by atoms with Crippen molar-refractivity contribution in [3.05, 3.63) is 12.8 Å². The predicted octanol–water partition coefficient (Wildman–Crippen LogP) is 1.75. The van der Waals surface area contributed by atoms with Crippen molar-refractivity contribution in [2.45, 2.75) is 13.8 Å². The van der Waals surface area contributed by atoms with Crippen LogP contribution in [0.5, 0.6) is 0 Å². The van der Waals surface area contributed by atoms with Gasteiger partial charge in [-0.3, -0.25) is 4.99 Å². The molecule has 9 heavy (non-hydrogen) atoms. The van der Waals surface area contributed by atoms with Gasteiger partial charge in [-0.1, -0.05) is 20.4 Å². The molecule has 0 saturated carbocycles. The lowest BCUT2D eigenvalue weighted by Gasteiger charge is -2.00. The number of rotatable bonds is 2. The lowest BCUT2D eigenvalue weighted by atomic mass is 10.8. The zero-order valence-corrected chi connectivity index (χ0v) is 6.76. The Balaban J connectivity index is 0. The third-order valence-electron chi connectivity index (χ3n) is 0.586. The highest BCUT2D eigenvalue weighted by molar-refractivity contribution is 5.55. The average Bonchev–Trinajstić information content (AvgIpc) is 1.93. The highest BCUT2D eigenvalue weighted by atomic mass is 15.1. The minimum atomic E-state index is 1.69. The molecular weight excluding hydrogens is 112 g/mol. The average molecular weight is 128 g/mol. The van der Waals surface area contributed by atoms with E-state index in [9.17, 15) is 0 Å². The van der Waals surface area contributed by atoms with Gasteiger partial charge in [-0.15, -0.1) is 0 Å². The normalized spacial score (nSPS) is 8.00. The van der Waals surface area contributed by atoms with Gasteiger partial charge >= 0.3 is 0 Å². The molecule has 0 aliphatic rings. The van der Waals surface area contributed by atoms with E-state index in [-0.39, 0.29) is 0 Å². The van der Waals surface area contributed by atoms with Crippen LogP contribution in [0.25, 0.3) is 0 Å². The summed E-state index contributed by atoms with van der Waals surface area (Å²) in [6.45, 7) is 7.51. The first kappa shape index (κ1) is 11.1. The van der Waals surface area contributed by atoms with Gasteiger partial charge in [0.15, 0.2) is 0 Å². The highest BCUT2D eigenvalue weighted by Crippen LogP contribution is 1.70. The second kappa shape index (κ2) is 10.2. The molecule has 0 spiro atoms. The fourth-order valence-corrected chi connectivity index (χ4v) is 0.229. The van der Waals surface area contributed by atoms with Gasteiger partial charge in [0.2, 0.25) is 0 Å². The van der Waals surface area contributed by atoms with Crippen LogP contribution in [0.4, 0.5) is 0 Å². The Kier molecular flexibility index (Phi) is 12.6. The molecule has 0 amide bonds. The topological polar surface area (TPSA) is 15.6 Å². The zero-order valence-electron chi connectivity index (χ0n) is 6.76. The highest BCUT2D eigenvalue weighted by Gasteiger charge is 1.72. The molecule has 0 atom stereocenters. The molecule has 0 bridgehead atoms. The molecule has 0 fully saturated rings. The second-order valence-electron chi connectivity index (χ2n) is 1.22. The largest absolute Gasteiger partial charge is 0.343 e. The monoisotopic (exact) mass is 128 g/mol. The molecule has 0 aromatic rings. The molecule has 0 rings (SSSR count). The van der Waals surface area contributed by atoms with Crippen LogP contribution in [-0.4, -0.2) is 25.3 Å². The number of hydrogen-bond acceptors (Lipinski definition) is 1. The molecule has 0 aromatic heterocycles. The van der Waals surface area contributed by atoms with E-state index in [4.69, 9.17) is 0 Å². The maximum Gasteiger partial charge on any atom is 0.0883 e. The van der Waals surface area contributed by atoms with Gasteiger partial charge in [0.1, 0.15) is 0 Å². The molecule has 0 heterocycles. The Morgan fingerprint density at radius 3 is 2.00 bits per heavy atom. The van der Waals surface area contributed by atoms with Gasteiger partial charge in [0.05, 0.1) is 6.34 Å². The van der Waals surface area contributed by atoms with Crippen molar-refractivity contribution >= 4 is 6.34 Å². The first-order chi connectivity index (χ1) is 4.31. The molecular formula is C7H16N2. The summed E-state index contributed by atoms with van der Waals surface area (Å²) in [4.78, 5) is 5.51. The summed E-state index contributed by atoms with van der Waals surface area (Å²) in [5.41, 5.74) is 0. The molecule has 0 N–H and O–H groups in total. The maximum absolute atomic E-state index is 3.74. The van der Waals surface area contributed by atoms with Gasteiger partial charge in [0, 0.05) is 14.1 Å². The molecule has 2 heteroatoms. The van der Waals surface area contributed by atoms with E-state index in [0.29, 0.717) is 0 Å². The van der Waals surface area contributed by atoms with Crippen LogP contribution in [-0.2, 0) is 0 Å².